The number of nitrogens with one attached hydrogen (secondary N) is 2. The van der Waals surface area contributed by atoms with Gasteiger partial charge in [0, 0.05) is 51.4 Å². The first-order valence-electron chi connectivity index (χ1n) is 9.66. The number of aromatic hydroxyl groups is 2. The summed E-state index contributed by atoms with van der Waals surface area (Å²) < 4.78 is 0. The van der Waals surface area contributed by atoms with Gasteiger partial charge in [-0.1, -0.05) is 0 Å². The summed E-state index contributed by atoms with van der Waals surface area (Å²) in [6.45, 7) is 7.81. The third-order valence-corrected chi connectivity index (χ3v) is 4.10. The van der Waals surface area contributed by atoms with Crippen molar-refractivity contribution in [3.63, 3.8) is 0 Å². The van der Waals surface area contributed by atoms with Crippen LogP contribution >= 0.6 is 0 Å². The highest BCUT2D eigenvalue weighted by Gasteiger charge is 2.07. The minimum atomic E-state index is -0.115. The molecule has 0 aliphatic carbocycles. The number of nitrogens with zero attached hydrogens (tertiary/aromatic N) is 2. The molecule has 0 saturated carbocycles. The Morgan fingerprint density at radius 3 is 1.17 bits per heavy atom. The molecule has 1 heterocycles. The molecule has 1 aliphatic heterocycles. The summed E-state index contributed by atoms with van der Waals surface area (Å²) in [6.07, 6.45) is 0. The molecule has 1 aliphatic rings. The Bertz CT molecular complexity index is 703. The van der Waals surface area contributed by atoms with Crippen LogP contribution in [0.3, 0.4) is 0 Å². The van der Waals surface area contributed by atoms with Crippen LogP contribution in [0.15, 0.2) is 48.5 Å². The van der Waals surface area contributed by atoms with E-state index in [1.165, 1.54) is 64.3 Å². The molecule has 0 aromatic heterocycles. The van der Waals surface area contributed by atoms with Crippen LogP contribution in [-0.4, -0.2) is 72.1 Å². The van der Waals surface area contributed by atoms with Crippen LogP contribution in [-0.2, 0) is 9.59 Å². The molecule has 8 heteroatoms. The molecule has 2 amide bonds. The molecule has 0 radical (unpaired) electrons. The standard InChI is InChI=1S/2C8H9NO2.C6H14N2/c2*1-6(10)9-7-2-4-8(11)5-3-7;1-7-3-5-8(2)6-4-7/h2*2-5,11H,1H3,(H,9,10);3-6H2,1-2H3. The number of phenols is 2. The Morgan fingerprint density at radius 1 is 0.667 bits per heavy atom. The van der Waals surface area contributed by atoms with Gasteiger partial charge in [-0.25, -0.2) is 0 Å². The molecule has 8 nitrogen and oxygen atoms in total. The molecular formula is C22H32N4O4. The summed E-state index contributed by atoms with van der Waals surface area (Å²) in [5.41, 5.74) is 1.38. The number of carbonyl (C=O) groups excluding carboxylic acids is 2. The summed E-state index contributed by atoms with van der Waals surface area (Å²) >= 11 is 0. The number of likely N-dealkylation sites (N-methyl/N-ethyl adjacent to an activating group) is 2. The van der Waals surface area contributed by atoms with Crippen molar-refractivity contribution in [2.24, 2.45) is 0 Å². The number of anilines is 2. The molecule has 2 aromatic rings. The lowest BCUT2D eigenvalue weighted by atomic mass is 10.3. The van der Waals surface area contributed by atoms with E-state index in [4.69, 9.17) is 10.2 Å². The van der Waals surface area contributed by atoms with Crippen molar-refractivity contribution < 1.29 is 19.8 Å². The summed E-state index contributed by atoms with van der Waals surface area (Å²) in [6, 6.07) is 12.6. The van der Waals surface area contributed by atoms with Crippen molar-refractivity contribution in [3.8, 4) is 11.5 Å². The van der Waals surface area contributed by atoms with E-state index in [0.29, 0.717) is 11.4 Å². The van der Waals surface area contributed by atoms with Crippen LogP contribution < -0.4 is 10.6 Å². The normalized spacial score (nSPS) is 13.7. The highest BCUT2D eigenvalue weighted by atomic mass is 16.3. The maximum atomic E-state index is 10.5. The highest BCUT2D eigenvalue weighted by molar-refractivity contribution is 5.89. The molecule has 4 N–H and O–H groups in total. The van der Waals surface area contributed by atoms with Gasteiger partial charge in [0.15, 0.2) is 0 Å². The molecule has 164 valence electrons. The fraction of sp³-hybridized carbons (Fsp3) is 0.364. The Kier molecular flexibility index (Phi) is 11.0. The average Bonchev–Trinajstić information content (AvgIpc) is 2.68. The number of hydrogen-bond donors (Lipinski definition) is 4. The summed E-state index contributed by atoms with van der Waals surface area (Å²) in [4.78, 5) is 25.8. The van der Waals surface area contributed by atoms with Gasteiger partial charge in [-0.15, -0.1) is 0 Å². The van der Waals surface area contributed by atoms with E-state index < -0.39 is 0 Å². The zero-order valence-corrected chi connectivity index (χ0v) is 18.1. The Labute approximate surface area is 178 Å². The van der Waals surface area contributed by atoms with Crippen molar-refractivity contribution in [1.29, 1.82) is 0 Å². The Balaban J connectivity index is 0.000000228. The summed E-state index contributed by atoms with van der Waals surface area (Å²) in [5, 5.41) is 22.9. The van der Waals surface area contributed by atoms with Gasteiger partial charge >= 0.3 is 0 Å². The van der Waals surface area contributed by atoms with Gasteiger partial charge in [-0.2, -0.15) is 0 Å². The number of carbonyl (C=O) groups is 2. The van der Waals surface area contributed by atoms with Crippen molar-refractivity contribution in [3.05, 3.63) is 48.5 Å². The lowest BCUT2D eigenvalue weighted by Crippen LogP contribution is -2.42. The van der Waals surface area contributed by atoms with E-state index in [1.807, 2.05) is 0 Å². The predicted octanol–water partition coefficient (Wildman–Crippen LogP) is 2.56. The first-order chi connectivity index (χ1) is 14.2. The average molecular weight is 417 g/mol. The van der Waals surface area contributed by atoms with Crippen molar-refractivity contribution in [2.75, 3.05) is 50.9 Å². The van der Waals surface area contributed by atoms with Crippen LogP contribution in [0, 0.1) is 0 Å². The lowest BCUT2D eigenvalue weighted by molar-refractivity contribution is -0.115. The Morgan fingerprint density at radius 2 is 0.933 bits per heavy atom. The van der Waals surface area contributed by atoms with Crippen molar-refractivity contribution in [1.82, 2.24) is 9.80 Å². The number of benzene rings is 2. The number of hydrogen-bond acceptors (Lipinski definition) is 6. The van der Waals surface area contributed by atoms with E-state index >= 15 is 0 Å². The van der Waals surface area contributed by atoms with Crippen LogP contribution in [0.1, 0.15) is 13.8 Å². The molecule has 3 rings (SSSR count). The smallest absolute Gasteiger partial charge is 0.221 e. The first-order valence-corrected chi connectivity index (χ1v) is 9.66. The third-order valence-electron chi connectivity index (χ3n) is 4.10. The topological polar surface area (TPSA) is 105 Å². The predicted molar refractivity (Wildman–Crippen MR) is 120 cm³/mol. The van der Waals surface area contributed by atoms with Crippen molar-refractivity contribution >= 4 is 23.2 Å². The van der Waals surface area contributed by atoms with Crippen LogP contribution in [0.25, 0.3) is 0 Å². The second-order valence-electron chi connectivity index (χ2n) is 7.06. The van der Waals surface area contributed by atoms with Gasteiger partial charge < -0.3 is 30.6 Å². The molecule has 1 saturated heterocycles. The van der Waals surface area contributed by atoms with Gasteiger partial charge in [0.25, 0.3) is 0 Å². The molecule has 0 atom stereocenters. The summed E-state index contributed by atoms with van der Waals surface area (Å²) in [5.74, 6) is 0.157. The van der Waals surface area contributed by atoms with Gasteiger partial charge in [0.05, 0.1) is 0 Å². The fourth-order valence-electron chi connectivity index (χ4n) is 2.40. The van der Waals surface area contributed by atoms with E-state index in [0.717, 1.165) is 0 Å². The maximum Gasteiger partial charge on any atom is 0.221 e. The number of rotatable bonds is 2. The maximum absolute atomic E-state index is 10.5. The number of phenolic OH excluding ortho intramolecular Hbond substituents is 2. The quantitative estimate of drug-likeness (QED) is 0.561. The minimum absolute atomic E-state index is 0.115. The van der Waals surface area contributed by atoms with Gasteiger partial charge in [-0.05, 0) is 62.6 Å². The largest absolute Gasteiger partial charge is 0.508 e. The number of amides is 2. The zero-order chi connectivity index (χ0) is 22.5. The monoisotopic (exact) mass is 416 g/mol. The zero-order valence-electron chi connectivity index (χ0n) is 18.1. The second kappa shape index (κ2) is 13.2. The molecule has 30 heavy (non-hydrogen) atoms. The number of piperazine rings is 1. The van der Waals surface area contributed by atoms with E-state index in [1.54, 1.807) is 24.3 Å². The molecular weight excluding hydrogens is 384 g/mol. The van der Waals surface area contributed by atoms with Crippen LogP contribution in [0.2, 0.25) is 0 Å². The van der Waals surface area contributed by atoms with E-state index in [-0.39, 0.29) is 23.3 Å². The second-order valence-corrected chi connectivity index (χ2v) is 7.06. The molecule has 0 spiro atoms. The SMILES string of the molecule is CC(=O)Nc1ccc(O)cc1.CC(=O)Nc1ccc(O)cc1.CN1CCN(C)CC1. The molecule has 0 bridgehead atoms. The molecule has 1 fully saturated rings. The van der Waals surface area contributed by atoms with Crippen LogP contribution in [0.5, 0.6) is 11.5 Å². The summed E-state index contributed by atoms with van der Waals surface area (Å²) in [7, 11) is 4.35. The molecule has 2 aromatic carbocycles. The minimum Gasteiger partial charge on any atom is -0.508 e. The fourth-order valence-corrected chi connectivity index (χ4v) is 2.40. The van der Waals surface area contributed by atoms with Gasteiger partial charge in [0.2, 0.25) is 11.8 Å². The first kappa shape index (κ1) is 24.9. The van der Waals surface area contributed by atoms with E-state index in [2.05, 4.69) is 34.5 Å². The lowest BCUT2D eigenvalue weighted by Gasteiger charge is -2.28. The Hall–Kier alpha value is -3.10. The van der Waals surface area contributed by atoms with Crippen molar-refractivity contribution in [2.45, 2.75) is 13.8 Å². The van der Waals surface area contributed by atoms with Crippen LogP contribution in [0.4, 0.5) is 11.4 Å². The van der Waals surface area contributed by atoms with Gasteiger partial charge in [0.1, 0.15) is 11.5 Å². The third kappa shape index (κ3) is 11.7. The molecule has 0 unspecified atom stereocenters. The highest BCUT2D eigenvalue weighted by Crippen LogP contribution is 2.13. The van der Waals surface area contributed by atoms with E-state index in [9.17, 15) is 9.59 Å². The van der Waals surface area contributed by atoms with Gasteiger partial charge in [-0.3, -0.25) is 9.59 Å².